The first-order valence-corrected chi connectivity index (χ1v) is 10.7. The molecule has 9 heteroatoms. The summed E-state index contributed by atoms with van der Waals surface area (Å²) >= 11 is 6.15. The van der Waals surface area contributed by atoms with E-state index in [0.717, 1.165) is 0 Å². The molecule has 2 aliphatic rings. The van der Waals surface area contributed by atoms with Crippen molar-refractivity contribution >= 4 is 45.9 Å². The molecule has 4 heterocycles. The number of nitrogens with zero attached hydrogens (tertiary/aromatic N) is 3. The standard InChI is InChI=1S/C24H16ClN3O5/c1-3-27-16-7-5-4-6-15(16)24(23(27)31)19-20(29)14-11-13(25)8-9-17(14)32-21(19)22(30)28(24)18-10-12(2)33-26-18/h4-11H,3H2,1-2H3. The molecule has 1 unspecified atom stereocenters. The highest BCUT2D eigenvalue weighted by molar-refractivity contribution is 6.31. The van der Waals surface area contributed by atoms with E-state index in [1.807, 2.05) is 6.92 Å². The van der Waals surface area contributed by atoms with E-state index < -0.39 is 22.8 Å². The van der Waals surface area contributed by atoms with Gasteiger partial charge in [0.1, 0.15) is 11.3 Å². The maximum absolute atomic E-state index is 14.1. The van der Waals surface area contributed by atoms with Crippen LogP contribution in [0.2, 0.25) is 5.02 Å². The number of hydrogen-bond donors (Lipinski definition) is 0. The van der Waals surface area contributed by atoms with Crippen molar-refractivity contribution in [2.45, 2.75) is 19.4 Å². The summed E-state index contributed by atoms with van der Waals surface area (Å²) in [5, 5.41) is 4.54. The van der Waals surface area contributed by atoms with Crippen LogP contribution in [0.1, 0.15) is 34.4 Å². The Bertz CT molecular complexity index is 1570. The molecule has 0 saturated heterocycles. The fraction of sp³-hybridized carbons (Fsp3) is 0.167. The Balaban J connectivity index is 1.81. The lowest BCUT2D eigenvalue weighted by molar-refractivity contribution is -0.121. The molecule has 0 radical (unpaired) electrons. The lowest BCUT2D eigenvalue weighted by atomic mass is 9.84. The molecule has 0 saturated carbocycles. The molecule has 164 valence electrons. The second kappa shape index (κ2) is 6.55. The van der Waals surface area contributed by atoms with Crippen LogP contribution in [-0.4, -0.2) is 23.5 Å². The average Bonchev–Trinajstić information content (AvgIpc) is 3.41. The highest BCUT2D eigenvalue weighted by atomic mass is 35.5. The summed E-state index contributed by atoms with van der Waals surface area (Å²) in [6.07, 6.45) is 0. The van der Waals surface area contributed by atoms with Crippen LogP contribution in [0.3, 0.4) is 0 Å². The van der Waals surface area contributed by atoms with Gasteiger partial charge in [-0.2, -0.15) is 0 Å². The van der Waals surface area contributed by atoms with Crippen molar-refractivity contribution in [2.75, 3.05) is 16.3 Å². The first-order valence-electron chi connectivity index (χ1n) is 10.4. The molecular weight excluding hydrogens is 446 g/mol. The maximum Gasteiger partial charge on any atom is 0.297 e. The summed E-state index contributed by atoms with van der Waals surface area (Å²) in [5.41, 5.74) is -1.00. The van der Waals surface area contributed by atoms with Crippen molar-refractivity contribution in [3.8, 4) is 0 Å². The molecule has 1 spiro atoms. The third kappa shape index (κ3) is 2.30. The van der Waals surface area contributed by atoms with Crippen molar-refractivity contribution < 1.29 is 18.5 Å². The molecule has 0 aliphatic carbocycles. The normalized spacial score (nSPS) is 19.1. The van der Waals surface area contributed by atoms with Crippen molar-refractivity contribution in [1.29, 1.82) is 0 Å². The summed E-state index contributed by atoms with van der Waals surface area (Å²) in [4.78, 5) is 44.6. The van der Waals surface area contributed by atoms with Crippen LogP contribution in [0.4, 0.5) is 11.5 Å². The fourth-order valence-electron chi connectivity index (χ4n) is 4.95. The lowest BCUT2D eigenvalue weighted by Gasteiger charge is -2.32. The first kappa shape index (κ1) is 19.8. The van der Waals surface area contributed by atoms with Crippen LogP contribution >= 0.6 is 11.6 Å². The largest absolute Gasteiger partial charge is 0.450 e. The van der Waals surface area contributed by atoms with Crippen molar-refractivity contribution in [1.82, 2.24) is 5.16 Å². The van der Waals surface area contributed by atoms with E-state index in [2.05, 4.69) is 5.16 Å². The number of carbonyl (C=O) groups is 2. The molecule has 33 heavy (non-hydrogen) atoms. The molecule has 2 amide bonds. The molecule has 0 fully saturated rings. The minimum Gasteiger partial charge on any atom is -0.450 e. The third-order valence-electron chi connectivity index (χ3n) is 6.25. The molecule has 2 aromatic heterocycles. The molecule has 4 aromatic rings. The highest BCUT2D eigenvalue weighted by Gasteiger charge is 2.66. The second-order valence-electron chi connectivity index (χ2n) is 7.99. The van der Waals surface area contributed by atoms with Gasteiger partial charge in [0.15, 0.2) is 16.8 Å². The number of aromatic nitrogens is 1. The van der Waals surface area contributed by atoms with Crippen molar-refractivity contribution in [3.05, 3.63) is 86.4 Å². The molecule has 2 aliphatic heterocycles. The Hall–Kier alpha value is -3.91. The monoisotopic (exact) mass is 461 g/mol. The number of rotatable bonds is 2. The van der Waals surface area contributed by atoms with Gasteiger partial charge in [0.05, 0.1) is 16.6 Å². The predicted molar refractivity (Wildman–Crippen MR) is 121 cm³/mol. The minimum atomic E-state index is -1.78. The van der Waals surface area contributed by atoms with E-state index in [4.69, 9.17) is 20.5 Å². The molecule has 1 atom stereocenters. The van der Waals surface area contributed by atoms with Gasteiger partial charge in [-0.05, 0) is 38.1 Å². The van der Waals surface area contributed by atoms with Gasteiger partial charge in [-0.1, -0.05) is 35.0 Å². The van der Waals surface area contributed by atoms with Gasteiger partial charge in [-0.25, -0.2) is 0 Å². The number of carbonyl (C=O) groups excluding carboxylic acids is 2. The quantitative estimate of drug-likeness (QED) is 0.447. The van der Waals surface area contributed by atoms with Gasteiger partial charge in [-0.3, -0.25) is 19.3 Å². The SMILES string of the molecule is CCN1C(=O)C2(c3ccccc31)c1c(oc3ccc(Cl)cc3c1=O)C(=O)N2c1cc(C)on1. The molecular formula is C24H16ClN3O5. The Morgan fingerprint density at radius 1 is 1.09 bits per heavy atom. The maximum atomic E-state index is 14.1. The summed E-state index contributed by atoms with van der Waals surface area (Å²) < 4.78 is 11.2. The number of amides is 2. The van der Waals surface area contributed by atoms with Gasteiger partial charge >= 0.3 is 0 Å². The molecule has 6 rings (SSSR count). The number of hydrogen-bond acceptors (Lipinski definition) is 6. The van der Waals surface area contributed by atoms with E-state index >= 15 is 0 Å². The Kier molecular flexibility index (Phi) is 3.92. The molecule has 0 N–H and O–H groups in total. The number of fused-ring (bicyclic) bond motifs is 5. The smallest absolute Gasteiger partial charge is 0.297 e. The fourth-order valence-corrected chi connectivity index (χ4v) is 5.13. The van der Waals surface area contributed by atoms with Crippen molar-refractivity contribution in [3.63, 3.8) is 0 Å². The van der Waals surface area contributed by atoms with E-state index in [9.17, 15) is 14.4 Å². The van der Waals surface area contributed by atoms with Crippen LogP contribution in [0.25, 0.3) is 11.0 Å². The number of aryl methyl sites for hydroxylation is 1. The topological polar surface area (TPSA) is 96.9 Å². The summed E-state index contributed by atoms with van der Waals surface area (Å²) in [7, 11) is 0. The minimum absolute atomic E-state index is 0.0451. The lowest BCUT2D eigenvalue weighted by Crippen LogP contribution is -2.53. The van der Waals surface area contributed by atoms with E-state index in [1.54, 1.807) is 48.2 Å². The Morgan fingerprint density at radius 2 is 1.88 bits per heavy atom. The molecule has 0 bridgehead atoms. The van der Waals surface area contributed by atoms with Crippen LogP contribution in [0, 0.1) is 6.92 Å². The number of anilines is 2. The number of benzene rings is 2. The zero-order valence-corrected chi connectivity index (χ0v) is 18.3. The summed E-state index contributed by atoms with van der Waals surface area (Å²) in [5.74, 6) is -0.713. The van der Waals surface area contributed by atoms with E-state index in [1.165, 1.54) is 17.0 Å². The van der Waals surface area contributed by atoms with Gasteiger partial charge in [-0.15, -0.1) is 0 Å². The summed E-state index contributed by atoms with van der Waals surface area (Å²) in [6, 6.07) is 13.2. The Labute approximate surface area is 191 Å². The summed E-state index contributed by atoms with van der Waals surface area (Å²) in [6.45, 7) is 3.86. The second-order valence-corrected chi connectivity index (χ2v) is 8.43. The van der Waals surface area contributed by atoms with Crippen molar-refractivity contribution in [2.24, 2.45) is 0 Å². The number of para-hydroxylation sites is 1. The zero-order valence-electron chi connectivity index (χ0n) is 17.6. The third-order valence-corrected chi connectivity index (χ3v) is 6.48. The molecule has 2 aromatic carbocycles. The van der Waals surface area contributed by atoms with Crippen LogP contribution in [0.5, 0.6) is 0 Å². The predicted octanol–water partition coefficient (Wildman–Crippen LogP) is 4.01. The molecule has 8 nitrogen and oxygen atoms in total. The van der Waals surface area contributed by atoms with Crippen LogP contribution in [-0.2, 0) is 10.3 Å². The number of halogens is 1. The van der Waals surface area contributed by atoms with Gasteiger partial charge < -0.3 is 13.8 Å². The Morgan fingerprint density at radius 3 is 2.61 bits per heavy atom. The van der Waals surface area contributed by atoms with Gasteiger partial charge in [0, 0.05) is 23.2 Å². The van der Waals surface area contributed by atoms with Crippen LogP contribution in [0.15, 0.2) is 62.3 Å². The van der Waals surface area contributed by atoms with E-state index in [-0.39, 0.29) is 28.1 Å². The van der Waals surface area contributed by atoms with Gasteiger partial charge in [0.2, 0.25) is 5.76 Å². The van der Waals surface area contributed by atoms with E-state index in [0.29, 0.717) is 28.6 Å². The first-order chi connectivity index (χ1) is 15.9. The average molecular weight is 462 g/mol. The zero-order chi connectivity index (χ0) is 23.1. The van der Waals surface area contributed by atoms with Crippen LogP contribution < -0.4 is 15.2 Å². The highest BCUT2D eigenvalue weighted by Crippen LogP contribution is 2.53. The van der Waals surface area contributed by atoms with Gasteiger partial charge in [0.25, 0.3) is 11.8 Å². The number of likely N-dealkylation sites (N-methyl/N-ethyl adjacent to an activating group) is 1.